The largest absolute Gasteiger partial charge is 0.306 e. The molecule has 0 atom stereocenters. The summed E-state index contributed by atoms with van der Waals surface area (Å²) in [7, 11) is 0. The third-order valence-electron chi connectivity index (χ3n) is 3.05. The molecule has 1 aromatic carbocycles. The molecule has 1 heterocycles. The van der Waals surface area contributed by atoms with Crippen LogP contribution >= 0.6 is 0 Å². The SMILES string of the molecule is Cc1cc(C)n(CCCNCC#Cc2ccccc2)n1. The normalized spacial score (nSPS) is 10.1. The van der Waals surface area contributed by atoms with Crippen LogP contribution in [0.4, 0.5) is 0 Å². The van der Waals surface area contributed by atoms with Crippen LogP contribution in [-0.4, -0.2) is 22.9 Å². The summed E-state index contributed by atoms with van der Waals surface area (Å²) in [5, 5.41) is 7.78. The van der Waals surface area contributed by atoms with Crippen molar-refractivity contribution in [1.29, 1.82) is 0 Å². The van der Waals surface area contributed by atoms with E-state index in [2.05, 4.69) is 39.9 Å². The zero-order valence-corrected chi connectivity index (χ0v) is 12.2. The molecule has 3 heteroatoms. The molecule has 2 rings (SSSR count). The predicted molar refractivity (Wildman–Crippen MR) is 82.5 cm³/mol. The molecule has 0 aliphatic carbocycles. The van der Waals surface area contributed by atoms with Crippen molar-refractivity contribution in [2.24, 2.45) is 0 Å². The minimum absolute atomic E-state index is 0.728. The maximum absolute atomic E-state index is 4.44. The average molecular weight is 267 g/mol. The maximum atomic E-state index is 4.44. The number of nitrogens with zero attached hydrogens (tertiary/aromatic N) is 2. The number of hydrogen-bond acceptors (Lipinski definition) is 2. The van der Waals surface area contributed by atoms with E-state index in [9.17, 15) is 0 Å². The smallest absolute Gasteiger partial charge is 0.0596 e. The summed E-state index contributed by atoms with van der Waals surface area (Å²) in [6, 6.07) is 12.2. The zero-order valence-electron chi connectivity index (χ0n) is 12.2. The molecule has 2 aromatic rings. The second-order valence-electron chi connectivity index (χ2n) is 4.85. The second kappa shape index (κ2) is 7.52. The van der Waals surface area contributed by atoms with Crippen molar-refractivity contribution in [3.8, 4) is 11.8 Å². The van der Waals surface area contributed by atoms with Gasteiger partial charge in [0.05, 0.1) is 12.2 Å². The van der Waals surface area contributed by atoms with E-state index in [4.69, 9.17) is 0 Å². The number of rotatable bonds is 5. The highest BCUT2D eigenvalue weighted by atomic mass is 15.3. The van der Waals surface area contributed by atoms with E-state index in [0.29, 0.717) is 0 Å². The van der Waals surface area contributed by atoms with Gasteiger partial charge in [0.2, 0.25) is 0 Å². The molecule has 0 aliphatic heterocycles. The Morgan fingerprint density at radius 2 is 2.00 bits per heavy atom. The van der Waals surface area contributed by atoms with E-state index < -0.39 is 0 Å². The van der Waals surface area contributed by atoms with Gasteiger partial charge in [0.15, 0.2) is 0 Å². The van der Waals surface area contributed by atoms with Crippen LogP contribution in [0.1, 0.15) is 23.4 Å². The summed E-state index contributed by atoms with van der Waals surface area (Å²) in [6.45, 7) is 6.77. The van der Waals surface area contributed by atoms with Gasteiger partial charge < -0.3 is 5.32 Å². The van der Waals surface area contributed by atoms with Gasteiger partial charge in [-0.05, 0) is 45.0 Å². The van der Waals surface area contributed by atoms with Gasteiger partial charge in [0.1, 0.15) is 0 Å². The quantitative estimate of drug-likeness (QED) is 0.666. The molecule has 0 saturated heterocycles. The lowest BCUT2D eigenvalue weighted by Gasteiger charge is -2.04. The monoisotopic (exact) mass is 267 g/mol. The molecule has 1 N–H and O–H groups in total. The van der Waals surface area contributed by atoms with Crippen LogP contribution in [0.25, 0.3) is 0 Å². The fourth-order valence-electron chi connectivity index (χ4n) is 2.07. The Hall–Kier alpha value is -2.05. The lowest BCUT2D eigenvalue weighted by molar-refractivity contribution is 0.543. The van der Waals surface area contributed by atoms with Crippen molar-refractivity contribution in [1.82, 2.24) is 15.1 Å². The predicted octanol–water partition coefficient (Wildman–Crippen LogP) is 2.53. The van der Waals surface area contributed by atoms with E-state index in [0.717, 1.165) is 37.3 Å². The molecule has 0 amide bonds. The van der Waals surface area contributed by atoms with Gasteiger partial charge >= 0.3 is 0 Å². The van der Waals surface area contributed by atoms with Crippen LogP contribution in [0.5, 0.6) is 0 Å². The van der Waals surface area contributed by atoms with Crippen LogP contribution in [0.15, 0.2) is 36.4 Å². The van der Waals surface area contributed by atoms with Gasteiger partial charge in [-0.25, -0.2) is 0 Å². The summed E-state index contributed by atoms with van der Waals surface area (Å²) < 4.78 is 2.06. The first-order valence-corrected chi connectivity index (χ1v) is 7.01. The molecule has 0 radical (unpaired) electrons. The molecule has 0 unspecified atom stereocenters. The van der Waals surface area contributed by atoms with Crippen LogP contribution in [0.2, 0.25) is 0 Å². The van der Waals surface area contributed by atoms with Crippen molar-refractivity contribution in [2.45, 2.75) is 26.8 Å². The summed E-state index contributed by atoms with van der Waals surface area (Å²) in [6.07, 6.45) is 1.06. The molecule has 20 heavy (non-hydrogen) atoms. The summed E-state index contributed by atoms with van der Waals surface area (Å²) >= 11 is 0. The zero-order chi connectivity index (χ0) is 14.2. The number of aromatic nitrogens is 2. The summed E-state index contributed by atoms with van der Waals surface area (Å²) in [4.78, 5) is 0. The Bertz CT molecular complexity index is 588. The summed E-state index contributed by atoms with van der Waals surface area (Å²) in [5.41, 5.74) is 3.38. The second-order valence-corrected chi connectivity index (χ2v) is 4.85. The fourth-order valence-corrected chi connectivity index (χ4v) is 2.07. The van der Waals surface area contributed by atoms with E-state index in [1.165, 1.54) is 5.69 Å². The third-order valence-corrected chi connectivity index (χ3v) is 3.05. The van der Waals surface area contributed by atoms with E-state index in [1.54, 1.807) is 0 Å². The number of nitrogens with one attached hydrogen (secondary N) is 1. The van der Waals surface area contributed by atoms with Gasteiger partial charge in [-0.3, -0.25) is 4.68 Å². The lowest BCUT2D eigenvalue weighted by Crippen LogP contribution is -2.17. The lowest BCUT2D eigenvalue weighted by atomic mass is 10.2. The third kappa shape index (κ3) is 4.56. The first-order chi connectivity index (χ1) is 9.75. The molecule has 0 fully saturated rings. The molecule has 0 bridgehead atoms. The fraction of sp³-hybridized carbons (Fsp3) is 0.353. The molecule has 0 saturated carbocycles. The first-order valence-electron chi connectivity index (χ1n) is 7.01. The number of aryl methyl sites for hydroxylation is 3. The molecule has 1 aromatic heterocycles. The van der Waals surface area contributed by atoms with E-state index in [-0.39, 0.29) is 0 Å². The van der Waals surface area contributed by atoms with Crippen molar-refractivity contribution in [3.63, 3.8) is 0 Å². The minimum atomic E-state index is 0.728. The van der Waals surface area contributed by atoms with Crippen molar-refractivity contribution in [3.05, 3.63) is 53.3 Å². The standard InChI is InChI=1S/C17H21N3/c1-15-14-16(2)20(19-15)13-7-12-18-11-6-10-17-8-4-3-5-9-17/h3-5,8-9,14,18H,7,11-13H2,1-2H3. The average Bonchev–Trinajstić information content (AvgIpc) is 2.77. The van der Waals surface area contributed by atoms with Crippen LogP contribution in [-0.2, 0) is 6.54 Å². The Labute approximate surface area is 121 Å². The molecule has 104 valence electrons. The van der Waals surface area contributed by atoms with Crippen molar-refractivity contribution >= 4 is 0 Å². The molecule has 0 spiro atoms. The van der Waals surface area contributed by atoms with Crippen LogP contribution in [0.3, 0.4) is 0 Å². The highest BCUT2D eigenvalue weighted by Crippen LogP contribution is 2.02. The number of benzene rings is 1. The van der Waals surface area contributed by atoms with Crippen LogP contribution in [0, 0.1) is 25.7 Å². The Morgan fingerprint density at radius 3 is 2.70 bits per heavy atom. The molecule has 0 aliphatic rings. The highest BCUT2D eigenvalue weighted by molar-refractivity contribution is 5.33. The molecule has 3 nitrogen and oxygen atoms in total. The van der Waals surface area contributed by atoms with Gasteiger partial charge in [-0.1, -0.05) is 30.0 Å². The van der Waals surface area contributed by atoms with Gasteiger partial charge in [0, 0.05) is 17.8 Å². The maximum Gasteiger partial charge on any atom is 0.0596 e. The molecular formula is C17H21N3. The Morgan fingerprint density at radius 1 is 1.20 bits per heavy atom. The van der Waals surface area contributed by atoms with Crippen LogP contribution < -0.4 is 5.32 Å². The highest BCUT2D eigenvalue weighted by Gasteiger charge is 1.99. The van der Waals surface area contributed by atoms with E-state index >= 15 is 0 Å². The topological polar surface area (TPSA) is 29.9 Å². The van der Waals surface area contributed by atoms with E-state index in [1.807, 2.05) is 37.3 Å². The molecular weight excluding hydrogens is 246 g/mol. The number of hydrogen-bond donors (Lipinski definition) is 1. The van der Waals surface area contributed by atoms with Gasteiger partial charge in [0.25, 0.3) is 0 Å². The van der Waals surface area contributed by atoms with Crippen molar-refractivity contribution < 1.29 is 0 Å². The van der Waals surface area contributed by atoms with Gasteiger partial charge in [-0.2, -0.15) is 5.10 Å². The Kier molecular flexibility index (Phi) is 5.40. The summed E-state index contributed by atoms with van der Waals surface area (Å²) in [5.74, 6) is 6.27. The van der Waals surface area contributed by atoms with Crippen molar-refractivity contribution in [2.75, 3.05) is 13.1 Å². The first kappa shape index (κ1) is 14.4. The Balaban J connectivity index is 1.63. The van der Waals surface area contributed by atoms with Gasteiger partial charge in [-0.15, -0.1) is 0 Å². The minimum Gasteiger partial charge on any atom is -0.306 e.